The number of rotatable bonds is 7. The van der Waals surface area contributed by atoms with Crippen molar-refractivity contribution in [3.63, 3.8) is 0 Å². The molecule has 3 rings (SSSR count). The van der Waals surface area contributed by atoms with Crippen LogP contribution in [-0.4, -0.2) is 31.2 Å². The van der Waals surface area contributed by atoms with Gasteiger partial charge in [0, 0.05) is 28.9 Å². The number of sulfonamides is 1. The van der Waals surface area contributed by atoms with E-state index in [2.05, 4.69) is 23.6 Å². The molecule has 1 heterocycles. The van der Waals surface area contributed by atoms with Gasteiger partial charge in [0.05, 0.1) is 18.6 Å². The molecule has 0 unspecified atom stereocenters. The van der Waals surface area contributed by atoms with E-state index in [4.69, 9.17) is 0 Å². The minimum absolute atomic E-state index is 0.132. The number of amides is 1. The topological polar surface area (TPSA) is 90.3 Å². The molecule has 0 aliphatic heterocycles. The number of nitrogens with one attached hydrogen (secondary N) is 1. The van der Waals surface area contributed by atoms with Crippen LogP contribution in [0.2, 0.25) is 0 Å². The lowest BCUT2D eigenvalue weighted by molar-refractivity contribution is 0.177. The van der Waals surface area contributed by atoms with Crippen molar-refractivity contribution in [3.8, 4) is 11.1 Å². The fourth-order valence-corrected chi connectivity index (χ4v) is 5.08. The van der Waals surface area contributed by atoms with E-state index in [-0.39, 0.29) is 10.3 Å². The quantitative estimate of drug-likeness (QED) is 0.476. The van der Waals surface area contributed by atoms with E-state index >= 15 is 4.39 Å². The predicted molar refractivity (Wildman–Crippen MR) is 133 cm³/mol. The van der Waals surface area contributed by atoms with Gasteiger partial charge in [-0.05, 0) is 41.7 Å². The Morgan fingerprint density at radius 1 is 1.17 bits per heavy atom. The highest BCUT2D eigenvalue weighted by atomic mass is 32.2. The molecule has 9 heteroatoms. The summed E-state index contributed by atoms with van der Waals surface area (Å²) in [4.78, 5) is 15.9. The molecule has 2 aromatic carbocycles. The van der Waals surface area contributed by atoms with Gasteiger partial charge in [-0.1, -0.05) is 52.8 Å². The highest BCUT2D eigenvalue weighted by Crippen LogP contribution is 2.31. The number of halogens is 1. The van der Waals surface area contributed by atoms with Gasteiger partial charge in [0.1, 0.15) is 11.6 Å². The van der Waals surface area contributed by atoms with Gasteiger partial charge < -0.3 is 9.30 Å². The first-order valence-electron chi connectivity index (χ1n) is 11.4. The van der Waals surface area contributed by atoms with Gasteiger partial charge in [-0.3, -0.25) is 0 Å². The van der Waals surface area contributed by atoms with Crippen LogP contribution in [0.3, 0.4) is 0 Å². The summed E-state index contributed by atoms with van der Waals surface area (Å²) in [6, 6.07) is 9.54. The van der Waals surface area contributed by atoms with Crippen molar-refractivity contribution in [3.05, 3.63) is 71.6 Å². The number of nitrogens with zero attached hydrogens (tertiary/aromatic N) is 2. The van der Waals surface area contributed by atoms with E-state index < -0.39 is 21.9 Å². The molecule has 0 spiro atoms. The highest BCUT2D eigenvalue weighted by Gasteiger charge is 2.24. The van der Waals surface area contributed by atoms with E-state index in [9.17, 15) is 13.2 Å². The van der Waals surface area contributed by atoms with Gasteiger partial charge in [0.15, 0.2) is 0 Å². The lowest BCUT2D eigenvalue weighted by Gasteiger charge is -2.20. The number of hydrogen-bond acceptors (Lipinski definition) is 5. The van der Waals surface area contributed by atoms with Crippen LogP contribution in [0.15, 0.2) is 53.7 Å². The Balaban J connectivity index is 2.05. The molecule has 0 saturated heterocycles. The third kappa shape index (κ3) is 6.28. The summed E-state index contributed by atoms with van der Waals surface area (Å²) >= 11 is 0. The van der Waals surface area contributed by atoms with E-state index in [1.807, 2.05) is 36.3 Å². The Kier molecular flexibility index (Phi) is 7.69. The predicted octanol–water partition coefficient (Wildman–Crippen LogP) is 5.28. The van der Waals surface area contributed by atoms with Crippen molar-refractivity contribution in [2.24, 2.45) is 5.92 Å². The smallest absolute Gasteiger partial charge is 0.420 e. The first-order chi connectivity index (χ1) is 16.3. The first kappa shape index (κ1) is 26.4. The van der Waals surface area contributed by atoms with Gasteiger partial charge in [0.2, 0.25) is 0 Å². The van der Waals surface area contributed by atoms with Crippen molar-refractivity contribution < 1.29 is 22.3 Å². The molecule has 188 valence electrons. The molecule has 3 aromatic rings. The van der Waals surface area contributed by atoms with Crippen LogP contribution >= 0.6 is 0 Å². The average Bonchev–Trinajstić information content (AvgIpc) is 3.23. The standard InChI is InChI=1S/C26H32FN3O4S/c1-17(2)13-18-7-10-23(35(32,33)29-25(31)34-6)21(14-18)19-8-9-20(22(27)15-19)16-30-12-11-28-24(30)26(3,4)5/h7-12,14-15,17H,13,16H2,1-6H3,(H,29,31). The minimum atomic E-state index is -4.24. The maximum atomic E-state index is 15.3. The van der Waals surface area contributed by atoms with Gasteiger partial charge >= 0.3 is 6.09 Å². The van der Waals surface area contributed by atoms with Crippen LogP contribution in [0.4, 0.5) is 9.18 Å². The molecule has 1 amide bonds. The lowest BCUT2D eigenvalue weighted by Crippen LogP contribution is -2.30. The molecule has 1 N–H and O–H groups in total. The number of imidazole rings is 1. The van der Waals surface area contributed by atoms with Crippen molar-refractivity contribution in [2.75, 3.05) is 7.11 Å². The zero-order chi connectivity index (χ0) is 26.0. The summed E-state index contributed by atoms with van der Waals surface area (Å²) in [6.07, 6.45) is 3.12. The molecule has 7 nitrogen and oxygen atoms in total. The van der Waals surface area contributed by atoms with Crippen molar-refractivity contribution >= 4 is 16.1 Å². The van der Waals surface area contributed by atoms with Crippen LogP contribution in [0.1, 0.15) is 51.6 Å². The zero-order valence-corrected chi connectivity index (χ0v) is 21.7. The summed E-state index contributed by atoms with van der Waals surface area (Å²) in [6.45, 7) is 10.5. The minimum Gasteiger partial charge on any atom is -0.452 e. The number of methoxy groups -OCH3 is 1. The second kappa shape index (κ2) is 10.2. The maximum Gasteiger partial charge on any atom is 0.420 e. The lowest BCUT2D eigenvalue weighted by atomic mass is 9.95. The van der Waals surface area contributed by atoms with Crippen LogP contribution in [0.5, 0.6) is 0 Å². The summed E-state index contributed by atoms with van der Waals surface area (Å²) in [7, 11) is -3.16. The second-order valence-electron chi connectivity index (χ2n) is 9.96. The Morgan fingerprint density at radius 3 is 2.49 bits per heavy atom. The van der Waals surface area contributed by atoms with Crippen LogP contribution in [-0.2, 0) is 33.1 Å². The summed E-state index contributed by atoms with van der Waals surface area (Å²) in [5.74, 6) is 0.712. The fourth-order valence-electron chi connectivity index (χ4n) is 3.95. The molecule has 35 heavy (non-hydrogen) atoms. The van der Waals surface area contributed by atoms with Crippen LogP contribution in [0, 0.1) is 11.7 Å². The molecule has 1 aromatic heterocycles. The number of hydrogen-bond donors (Lipinski definition) is 1. The SMILES string of the molecule is COC(=O)NS(=O)(=O)c1ccc(CC(C)C)cc1-c1ccc(Cn2ccnc2C(C)(C)C)c(F)c1. The van der Waals surface area contributed by atoms with E-state index in [0.29, 0.717) is 35.6 Å². The number of carbonyl (C=O) groups excluding carboxylic acids is 1. The van der Waals surface area contributed by atoms with E-state index in [1.54, 1.807) is 30.5 Å². The molecule has 0 bridgehead atoms. The maximum absolute atomic E-state index is 15.3. The van der Waals surface area contributed by atoms with E-state index in [0.717, 1.165) is 18.5 Å². The monoisotopic (exact) mass is 501 g/mol. The molecule has 0 aliphatic rings. The Hall–Kier alpha value is -3.20. The molecular formula is C26H32FN3O4S. The van der Waals surface area contributed by atoms with Crippen molar-refractivity contribution in [1.82, 2.24) is 14.3 Å². The third-order valence-corrected chi connectivity index (χ3v) is 6.84. The van der Waals surface area contributed by atoms with Crippen LogP contribution in [0.25, 0.3) is 11.1 Å². The average molecular weight is 502 g/mol. The summed E-state index contributed by atoms with van der Waals surface area (Å²) in [5.41, 5.74) is 1.86. The van der Waals surface area contributed by atoms with Gasteiger partial charge in [0.25, 0.3) is 10.0 Å². The second-order valence-corrected chi connectivity index (χ2v) is 11.6. The number of aromatic nitrogens is 2. The number of benzene rings is 2. The van der Waals surface area contributed by atoms with Crippen molar-refractivity contribution in [1.29, 1.82) is 0 Å². The molecule has 0 aliphatic carbocycles. The van der Waals surface area contributed by atoms with Gasteiger partial charge in [-0.2, -0.15) is 0 Å². The summed E-state index contributed by atoms with van der Waals surface area (Å²) < 4.78 is 49.3. The fraction of sp³-hybridized carbons (Fsp3) is 0.385. The zero-order valence-electron chi connectivity index (χ0n) is 20.9. The number of ether oxygens (including phenoxy) is 1. The first-order valence-corrected chi connectivity index (χ1v) is 12.8. The third-order valence-electron chi connectivity index (χ3n) is 5.47. The van der Waals surface area contributed by atoms with E-state index in [1.165, 1.54) is 12.1 Å². The van der Waals surface area contributed by atoms with Gasteiger partial charge in [-0.25, -0.2) is 27.3 Å². The summed E-state index contributed by atoms with van der Waals surface area (Å²) in [5, 5.41) is 0. The normalized spacial score (nSPS) is 12.1. The molecule has 0 radical (unpaired) electrons. The molecule has 0 atom stereocenters. The molecular weight excluding hydrogens is 469 g/mol. The molecule has 0 fully saturated rings. The van der Waals surface area contributed by atoms with Gasteiger partial charge in [-0.15, -0.1) is 0 Å². The Bertz CT molecular complexity index is 1320. The van der Waals surface area contributed by atoms with Crippen LogP contribution < -0.4 is 4.72 Å². The van der Waals surface area contributed by atoms with Crippen molar-refractivity contribution in [2.45, 2.75) is 57.9 Å². The number of carbonyl (C=O) groups is 1. The largest absolute Gasteiger partial charge is 0.452 e. The highest BCUT2D eigenvalue weighted by molar-refractivity contribution is 7.90. The Labute approximate surface area is 206 Å². The molecule has 0 saturated carbocycles. The Morgan fingerprint density at radius 2 is 1.89 bits per heavy atom.